The number of hydrogen-bond acceptors (Lipinski definition) is 4. The van der Waals surface area contributed by atoms with Crippen LogP contribution in [0.15, 0.2) is 23.1 Å². The third-order valence-electron chi connectivity index (χ3n) is 2.88. The molecule has 0 aliphatic heterocycles. The van der Waals surface area contributed by atoms with E-state index < -0.39 is 10.0 Å². The summed E-state index contributed by atoms with van der Waals surface area (Å²) in [5.74, 6) is -0.291. The van der Waals surface area contributed by atoms with Crippen LogP contribution in [0.1, 0.15) is 43.6 Å². The lowest BCUT2D eigenvalue weighted by Gasteiger charge is -2.13. The molecular weight excluding hydrogens is 276 g/mol. The molecule has 0 aliphatic rings. The molecule has 0 fully saturated rings. The van der Waals surface area contributed by atoms with Crippen LogP contribution in [0.25, 0.3) is 0 Å². The SMILES string of the molecule is CC(C)NCc1ccc(C(=O)C(C)C)cc1S(N)(=O)=O. The summed E-state index contributed by atoms with van der Waals surface area (Å²) in [7, 11) is -3.86. The van der Waals surface area contributed by atoms with Crippen LogP contribution in [-0.2, 0) is 16.6 Å². The van der Waals surface area contributed by atoms with E-state index in [1.807, 2.05) is 13.8 Å². The fourth-order valence-electron chi connectivity index (χ4n) is 1.77. The highest BCUT2D eigenvalue weighted by Crippen LogP contribution is 2.19. The number of nitrogens with two attached hydrogens (primary N) is 1. The van der Waals surface area contributed by atoms with Crippen LogP contribution in [0, 0.1) is 5.92 Å². The van der Waals surface area contributed by atoms with Gasteiger partial charge >= 0.3 is 0 Å². The average molecular weight is 298 g/mol. The maximum atomic E-state index is 11.9. The molecule has 0 saturated heterocycles. The first-order valence-electron chi connectivity index (χ1n) is 6.56. The van der Waals surface area contributed by atoms with Gasteiger partial charge in [-0.1, -0.05) is 39.8 Å². The molecule has 0 radical (unpaired) electrons. The fourth-order valence-corrected chi connectivity index (χ4v) is 2.56. The smallest absolute Gasteiger partial charge is 0.238 e. The Kier molecular flexibility index (Phi) is 5.44. The highest BCUT2D eigenvalue weighted by molar-refractivity contribution is 7.89. The summed E-state index contributed by atoms with van der Waals surface area (Å²) in [4.78, 5) is 12.0. The number of carbonyl (C=O) groups is 1. The average Bonchev–Trinajstić information content (AvgIpc) is 2.33. The van der Waals surface area contributed by atoms with Gasteiger partial charge in [0.25, 0.3) is 0 Å². The highest BCUT2D eigenvalue weighted by Gasteiger charge is 2.18. The third-order valence-corrected chi connectivity index (χ3v) is 3.88. The van der Waals surface area contributed by atoms with Crippen molar-refractivity contribution in [2.24, 2.45) is 11.1 Å². The summed E-state index contributed by atoms with van der Waals surface area (Å²) in [6, 6.07) is 4.88. The van der Waals surface area contributed by atoms with Crippen molar-refractivity contribution in [2.45, 2.75) is 45.2 Å². The Morgan fingerprint density at radius 2 is 1.85 bits per heavy atom. The van der Waals surface area contributed by atoms with Crippen LogP contribution in [0.2, 0.25) is 0 Å². The maximum Gasteiger partial charge on any atom is 0.238 e. The standard InChI is InChI=1S/C14H22N2O3S/c1-9(2)14(17)11-5-6-12(8-16-10(3)4)13(7-11)20(15,18)19/h5-7,9-10,16H,8H2,1-4H3,(H2,15,18,19). The molecule has 0 amide bonds. The number of rotatable bonds is 6. The van der Waals surface area contributed by atoms with Gasteiger partial charge in [0.05, 0.1) is 4.90 Å². The van der Waals surface area contributed by atoms with E-state index in [9.17, 15) is 13.2 Å². The van der Waals surface area contributed by atoms with Crippen molar-refractivity contribution in [2.75, 3.05) is 0 Å². The van der Waals surface area contributed by atoms with Gasteiger partial charge in [0.15, 0.2) is 5.78 Å². The molecule has 1 aromatic rings. The van der Waals surface area contributed by atoms with Crippen molar-refractivity contribution < 1.29 is 13.2 Å². The van der Waals surface area contributed by atoms with E-state index in [4.69, 9.17) is 5.14 Å². The van der Waals surface area contributed by atoms with Gasteiger partial charge in [0.1, 0.15) is 0 Å². The van der Waals surface area contributed by atoms with Crippen molar-refractivity contribution in [3.8, 4) is 0 Å². The topological polar surface area (TPSA) is 89.3 Å². The summed E-state index contributed by atoms with van der Waals surface area (Å²) in [5, 5.41) is 8.38. The van der Waals surface area contributed by atoms with Gasteiger partial charge in [-0.15, -0.1) is 0 Å². The molecule has 0 heterocycles. The summed E-state index contributed by atoms with van der Waals surface area (Å²) in [5.41, 5.74) is 0.943. The number of hydrogen-bond donors (Lipinski definition) is 2. The lowest BCUT2D eigenvalue weighted by molar-refractivity contribution is 0.0939. The Balaban J connectivity index is 3.24. The van der Waals surface area contributed by atoms with Gasteiger partial charge in [-0.25, -0.2) is 13.6 Å². The molecule has 0 aromatic heterocycles. The van der Waals surface area contributed by atoms with Crippen LogP contribution in [0.3, 0.4) is 0 Å². The van der Waals surface area contributed by atoms with Gasteiger partial charge in [0.2, 0.25) is 10.0 Å². The molecule has 0 saturated carbocycles. The largest absolute Gasteiger partial charge is 0.310 e. The first-order chi connectivity index (χ1) is 9.12. The first-order valence-corrected chi connectivity index (χ1v) is 8.11. The van der Waals surface area contributed by atoms with E-state index in [1.54, 1.807) is 26.0 Å². The Morgan fingerprint density at radius 3 is 2.30 bits per heavy atom. The van der Waals surface area contributed by atoms with E-state index in [-0.39, 0.29) is 22.6 Å². The van der Waals surface area contributed by atoms with Gasteiger partial charge in [-0.3, -0.25) is 4.79 Å². The van der Waals surface area contributed by atoms with E-state index in [0.717, 1.165) is 0 Å². The number of benzene rings is 1. The number of primary sulfonamides is 1. The van der Waals surface area contributed by atoms with Crippen LogP contribution in [0.5, 0.6) is 0 Å². The van der Waals surface area contributed by atoms with Gasteiger partial charge in [-0.2, -0.15) is 0 Å². The van der Waals surface area contributed by atoms with Crippen molar-refractivity contribution >= 4 is 15.8 Å². The molecule has 1 rings (SSSR count). The molecule has 0 unspecified atom stereocenters. The molecular formula is C14H22N2O3S. The molecule has 5 nitrogen and oxygen atoms in total. The highest BCUT2D eigenvalue weighted by atomic mass is 32.2. The molecule has 0 aliphatic carbocycles. The molecule has 20 heavy (non-hydrogen) atoms. The molecule has 0 bridgehead atoms. The minimum absolute atomic E-state index is 0.0113. The number of nitrogens with one attached hydrogen (secondary N) is 1. The van der Waals surface area contributed by atoms with Crippen molar-refractivity contribution in [1.82, 2.24) is 5.32 Å². The number of Topliss-reactive ketones (excluding diaryl/α,β-unsaturated/α-hetero) is 1. The quantitative estimate of drug-likeness (QED) is 0.782. The van der Waals surface area contributed by atoms with Crippen LogP contribution < -0.4 is 10.5 Å². The summed E-state index contributed by atoms with van der Waals surface area (Å²) in [6.07, 6.45) is 0. The summed E-state index contributed by atoms with van der Waals surface area (Å²) in [6.45, 7) is 7.86. The third kappa shape index (κ3) is 4.40. The normalized spacial score (nSPS) is 12.2. The minimum Gasteiger partial charge on any atom is -0.310 e. The molecule has 6 heteroatoms. The van der Waals surface area contributed by atoms with Crippen molar-refractivity contribution in [1.29, 1.82) is 0 Å². The zero-order valence-corrected chi connectivity index (χ0v) is 13.1. The van der Waals surface area contributed by atoms with Gasteiger partial charge < -0.3 is 5.32 Å². The van der Waals surface area contributed by atoms with Crippen molar-refractivity contribution in [3.63, 3.8) is 0 Å². The zero-order chi connectivity index (χ0) is 15.5. The van der Waals surface area contributed by atoms with Crippen molar-refractivity contribution in [3.05, 3.63) is 29.3 Å². The van der Waals surface area contributed by atoms with E-state index in [2.05, 4.69) is 5.32 Å². The Labute approximate surface area is 120 Å². The van der Waals surface area contributed by atoms with Gasteiger partial charge in [-0.05, 0) is 11.6 Å². The second-order valence-corrected chi connectivity index (χ2v) is 6.95. The first kappa shape index (κ1) is 16.8. The number of ketones is 1. The summed E-state index contributed by atoms with van der Waals surface area (Å²) < 4.78 is 23.4. The fraction of sp³-hybridized carbons (Fsp3) is 0.500. The van der Waals surface area contributed by atoms with Crippen LogP contribution >= 0.6 is 0 Å². The van der Waals surface area contributed by atoms with Crippen LogP contribution in [0.4, 0.5) is 0 Å². The molecule has 0 atom stereocenters. The monoisotopic (exact) mass is 298 g/mol. The number of sulfonamides is 1. The zero-order valence-electron chi connectivity index (χ0n) is 12.3. The lowest BCUT2D eigenvalue weighted by Crippen LogP contribution is -2.24. The predicted octanol–water partition coefficient (Wildman–Crippen LogP) is 1.67. The van der Waals surface area contributed by atoms with Crippen LogP contribution in [-0.4, -0.2) is 20.2 Å². The summed E-state index contributed by atoms with van der Waals surface area (Å²) >= 11 is 0. The van der Waals surface area contributed by atoms with E-state index in [1.165, 1.54) is 6.07 Å². The lowest BCUT2D eigenvalue weighted by atomic mass is 10.00. The Morgan fingerprint density at radius 1 is 1.25 bits per heavy atom. The maximum absolute atomic E-state index is 11.9. The minimum atomic E-state index is -3.86. The molecule has 112 valence electrons. The Hall–Kier alpha value is -1.24. The van der Waals surface area contributed by atoms with E-state index in [0.29, 0.717) is 17.7 Å². The molecule has 1 aromatic carbocycles. The molecule has 3 N–H and O–H groups in total. The predicted molar refractivity (Wildman–Crippen MR) is 79.0 cm³/mol. The van der Waals surface area contributed by atoms with E-state index >= 15 is 0 Å². The number of carbonyl (C=O) groups excluding carboxylic acids is 1. The molecule has 0 spiro atoms. The second kappa shape index (κ2) is 6.47. The Bertz CT molecular complexity index is 592. The van der Waals surface area contributed by atoms with Gasteiger partial charge in [0, 0.05) is 24.1 Å². The second-order valence-electron chi connectivity index (χ2n) is 5.42.